The van der Waals surface area contributed by atoms with Crippen LogP contribution in [0.15, 0.2) is 23.8 Å². The van der Waals surface area contributed by atoms with Crippen molar-refractivity contribution in [1.29, 1.82) is 0 Å². The lowest BCUT2D eigenvalue weighted by molar-refractivity contribution is 0.220. The summed E-state index contributed by atoms with van der Waals surface area (Å²) in [4.78, 5) is 0. The maximum atomic E-state index is 9.23. The molecule has 0 spiro atoms. The lowest BCUT2D eigenvalue weighted by Crippen LogP contribution is -2.07. The third-order valence-electron chi connectivity index (χ3n) is 2.19. The molecule has 0 heterocycles. The number of hydrogen-bond donors (Lipinski definition) is 1. The highest BCUT2D eigenvalue weighted by molar-refractivity contribution is 5.25. The van der Waals surface area contributed by atoms with Gasteiger partial charge in [0.1, 0.15) is 0 Å². The highest BCUT2D eigenvalue weighted by Gasteiger charge is 2.27. The molecular weight excluding hydrogens is 124 g/mol. The Morgan fingerprint density at radius 3 is 2.80 bits per heavy atom. The van der Waals surface area contributed by atoms with Crippen LogP contribution in [0, 0.1) is 5.92 Å². The van der Waals surface area contributed by atoms with Crippen LogP contribution < -0.4 is 0 Å². The summed E-state index contributed by atoms with van der Waals surface area (Å²) in [6.45, 7) is 0. The molecule has 1 atom stereocenters. The van der Waals surface area contributed by atoms with Gasteiger partial charge in [-0.15, -0.1) is 0 Å². The highest BCUT2D eigenvalue weighted by Crippen LogP contribution is 2.39. The zero-order chi connectivity index (χ0) is 6.97. The van der Waals surface area contributed by atoms with Crippen LogP contribution in [0.4, 0.5) is 0 Å². The molecule has 1 unspecified atom stereocenters. The van der Waals surface area contributed by atoms with Crippen LogP contribution in [0.5, 0.6) is 0 Å². The van der Waals surface area contributed by atoms with Gasteiger partial charge < -0.3 is 5.11 Å². The maximum Gasteiger partial charge on any atom is 0.0761 e. The summed E-state index contributed by atoms with van der Waals surface area (Å²) < 4.78 is 0. The van der Waals surface area contributed by atoms with E-state index in [1.54, 1.807) is 0 Å². The van der Waals surface area contributed by atoms with E-state index in [-0.39, 0.29) is 6.10 Å². The Kier molecular flexibility index (Phi) is 1.38. The summed E-state index contributed by atoms with van der Waals surface area (Å²) >= 11 is 0. The number of aliphatic hydroxyl groups is 1. The molecule has 0 aromatic heterocycles. The van der Waals surface area contributed by atoms with Crippen molar-refractivity contribution in [3.05, 3.63) is 23.8 Å². The molecule has 1 saturated carbocycles. The minimum absolute atomic E-state index is 0.208. The minimum Gasteiger partial charge on any atom is -0.389 e. The number of rotatable bonds is 1. The molecular formula is C9H12O. The molecule has 2 aliphatic rings. The third-order valence-corrected chi connectivity index (χ3v) is 2.19. The fourth-order valence-corrected chi connectivity index (χ4v) is 1.44. The van der Waals surface area contributed by atoms with Gasteiger partial charge in [-0.1, -0.05) is 23.8 Å². The number of aliphatic hydroxyl groups excluding tert-OH is 1. The first-order valence-corrected chi connectivity index (χ1v) is 3.91. The van der Waals surface area contributed by atoms with E-state index in [1.165, 1.54) is 18.4 Å². The molecule has 10 heavy (non-hydrogen) atoms. The van der Waals surface area contributed by atoms with E-state index in [0.717, 1.165) is 12.3 Å². The van der Waals surface area contributed by atoms with Crippen molar-refractivity contribution in [3.8, 4) is 0 Å². The fourth-order valence-electron chi connectivity index (χ4n) is 1.44. The second-order valence-corrected chi connectivity index (χ2v) is 3.17. The Hall–Kier alpha value is -0.560. The molecule has 1 fully saturated rings. The first-order chi connectivity index (χ1) is 4.86. The van der Waals surface area contributed by atoms with Gasteiger partial charge in [0, 0.05) is 0 Å². The van der Waals surface area contributed by atoms with Gasteiger partial charge in [0.05, 0.1) is 6.10 Å². The topological polar surface area (TPSA) is 20.2 Å². The lowest BCUT2D eigenvalue weighted by atomic mass is 9.99. The van der Waals surface area contributed by atoms with E-state index in [2.05, 4.69) is 6.08 Å². The Balaban J connectivity index is 2.06. The van der Waals surface area contributed by atoms with Crippen LogP contribution in [0.3, 0.4) is 0 Å². The fraction of sp³-hybridized carbons (Fsp3) is 0.556. The van der Waals surface area contributed by atoms with Crippen molar-refractivity contribution >= 4 is 0 Å². The Bertz CT molecular complexity index is 187. The summed E-state index contributed by atoms with van der Waals surface area (Å²) in [5.74, 6) is 0.819. The van der Waals surface area contributed by atoms with Gasteiger partial charge in [0.2, 0.25) is 0 Å². The van der Waals surface area contributed by atoms with E-state index in [4.69, 9.17) is 0 Å². The van der Waals surface area contributed by atoms with E-state index in [0.29, 0.717) is 0 Å². The molecule has 0 bridgehead atoms. The van der Waals surface area contributed by atoms with Gasteiger partial charge in [-0.2, -0.15) is 0 Å². The van der Waals surface area contributed by atoms with Gasteiger partial charge in [-0.3, -0.25) is 0 Å². The summed E-state index contributed by atoms with van der Waals surface area (Å²) in [7, 11) is 0. The van der Waals surface area contributed by atoms with Gasteiger partial charge in [-0.25, -0.2) is 0 Å². The van der Waals surface area contributed by atoms with Crippen LogP contribution >= 0.6 is 0 Å². The SMILES string of the molecule is OC1C=CC=C(C2CC2)C1. The highest BCUT2D eigenvalue weighted by atomic mass is 16.3. The third kappa shape index (κ3) is 1.14. The normalized spacial score (nSPS) is 32.1. The summed E-state index contributed by atoms with van der Waals surface area (Å²) in [6.07, 6.45) is 9.33. The largest absolute Gasteiger partial charge is 0.389 e. The number of hydrogen-bond acceptors (Lipinski definition) is 1. The molecule has 0 aromatic rings. The minimum atomic E-state index is -0.208. The molecule has 2 rings (SSSR count). The van der Waals surface area contributed by atoms with E-state index < -0.39 is 0 Å². The van der Waals surface area contributed by atoms with Gasteiger partial charge in [0.25, 0.3) is 0 Å². The van der Waals surface area contributed by atoms with Crippen molar-refractivity contribution in [3.63, 3.8) is 0 Å². The standard InChI is InChI=1S/C9H12O/c10-9-3-1-2-8(6-9)7-4-5-7/h1-3,7,9-10H,4-6H2. The first-order valence-electron chi connectivity index (χ1n) is 3.91. The molecule has 0 aliphatic heterocycles. The Labute approximate surface area is 61.1 Å². The lowest BCUT2D eigenvalue weighted by Gasteiger charge is -2.12. The van der Waals surface area contributed by atoms with E-state index in [1.807, 2.05) is 12.2 Å². The van der Waals surface area contributed by atoms with E-state index >= 15 is 0 Å². The average molecular weight is 136 g/mol. The van der Waals surface area contributed by atoms with Crippen molar-refractivity contribution < 1.29 is 5.11 Å². The van der Waals surface area contributed by atoms with Crippen LogP contribution in [-0.2, 0) is 0 Å². The van der Waals surface area contributed by atoms with Crippen LogP contribution in [0.1, 0.15) is 19.3 Å². The molecule has 54 valence electrons. The monoisotopic (exact) mass is 136 g/mol. The molecule has 1 N–H and O–H groups in total. The first kappa shape index (κ1) is 6.17. The van der Waals surface area contributed by atoms with Crippen molar-refractivity contribution in [2.75, 3.05) is 0 Å². The van der Waals surface area contributed by atoms with Crippen LogP contribution in [0.25, 0.3) is 0 Å². The van der Waals surface area contributed by atoms with Gasteiger partial charge >= 0.3 is 0 Å². The van der Waals surface area contributed by atoms with Gasteiger partial charge in [0.15, 0.2) is 0 Å². The number of allylic oxidation sites excluding steroid dienone is 2. The summed E-state index contributed by atoms with van der Waals surface area (Å²) in [6, 6.07) is 0. The predicted molar refractivity (Wildman–Crippen MR) is 40.6 cm³/mol. The quantitative estimate of drug-likeness (QED) is 0.581. The second-order valence-electron chi connectivity index (χ2n) is 3.17. The molecule has 0 aromatic carbocycles. The van der Waals surface area contributed by atoms with Crippen LogP contribution in [0.2, 0.25) is 0 Å². The van der Waals surface area contributed by atoms with Crippen molar-refractivity contribution in [2.24, 2.45) is 5.92 Å². The molecule has 2 aliphatic carbocycles. The molecule has 0 saturated heterocycles. The van der Waals surface area contributed by atoms with Crippen molar-refractivity contribution in [1.82, 2.24) is 0 Å². The predicted octanol–water partition coefficient (Wildman–Crippen LogP) is 1.64. The van der Waals surface area contributed by atoms with E-state index in [9.17, 15) is 5.11 Å². The maximum absolute atomic E-state index is 9.23. The zero-order valence-electron chi connectivity index (χ0n) is 5.96. The molecule has 0 amide bonds. The van der Waals surface area contributed by atoms with Crippen molar-refractivity contribution in [2.45, 2.75) is 25.4 Å². The molecule has 1 heteroatoms. The summed E-state index contributed by atoms with van der Waals surface area (Å²) in [5.41, 5.74) is 1.45. The molecule has 1 nitrogen and oxygen atoms in total. The van der Waals surface area contributed by atoms with Gasteiger partial charge in [-0.05, 0) is 25.2 Å². The second kappa shape index (κ2) is 2.24. The smallest absolute Gasteiger partial charge is 0.0761 e. The zero-order valence-corrected chi connectivity index (χ0v) is 5.96. The average Bonchev–Trinajstić information content (AvgIpc) is 2.68. The molecule has 0 radical (unpaired) electrons. The Morgan fingerprint density at radius 2 is 2.20 bits per heavy atom. The Morgan fingerprint density at radius 1 is 1.40 bits per heavy atom. The summed E-state index contributed by atoms with van der Waals surface area (Å²) in [5, 5.41) is 9.23. The van der Waals surface area contributed by atoms with Crippen LogP contribution in [-0.4, -0.2) is 11.2 Å².